The highest BCUT2D eigenvalue weighted by atomic mass is 35.5. The number of thioether (sulfide) groups is 1. The molecule has 0 spiro atoms. The lowest BCUT2D eigenvalue weighted by Crippen LogP contribution is -2.47. The van der Waals surface area contributed by atoms with Gasteiger partial charge in [0.15, 0.2) is 11.3 Å². The van der Waals surface area contributed by atoms with E-state index in [0.717, 1.165) is 28.3 Å². The predicted molar refractivity (Wildman–Crippen MR) is 144 cm³/mol. The van der Waals surface area contributed by atoms with E-state index in [2.05, 4.69) is 0 Å². The number of hydrogen-bond acceptors (Lipinski definition) is 6. The van der Waals surface area contributed by atoms with Gasteiger partial charge in [-0.25, -0.2) is 4.99 Å². The van der Waals surface area contributed by atoms with Gasteiger partial charge in [-0.1, -0.05) is 35.3 Å². The largest absolute Gasteiger partial charge is 0.497 e. The molecule has 34 heavy (non-hydrogen) atoms. The summed E-state index contributed by atoms with van der Waals surface area (Å²) >= 11 is 19.9. The molecule has 0 saturated heterocycles. The summed E-state index contributed by atoms with van der Waals surface area (Å²) in [7, 11) is 3.28. The summed E-state index contributed by atoms with van der Waals surface area (Å²) in [6, 6.07) is 20.8. The monoisotopic (exact) mass is 528 g/mol. The molecule has 0 aliphatic carbocycles. The number of amidine groups is 1. The zero-order chi connectivity index (χ0) is 23.8. The smallest absolute Gasteiger partial charge is 0.205 e. The first-order valence-corrected chi connectivity index (χ1v) is 12.2. The van der Waals surface area contributed by atoms with E-state index in [1.807, 2.05) is 59.5 Å². The molecule has 1 atom stereocenters. The molecule has 6 nitrogen and oxygen atoms in total. The number of hydrazone groups is 1. The Bertz CT molecular complexity index is 1310. The molecule has 2 aliphatic heterocycles. The number of rotatable bonds is 5. The summed E-state index contributed by atoms with van der Waals surface area (Å²) in [4.78, 5) is 7.00. The number of fused-ring (bicyclic) bond motifs is 1. The van der Waals surface area contributed by atoms with Crippen LogP contribution in [0.1, 0.15) is 17.3 Å². The fourth-order valence-corrected chi connectivity index (χ4v) is 5.52. The number of hydrogen-bond donors (Lipinski definition) is 0. The van der Waals surface area contributed by atoms with Gasteiger partial charge in [0.1, 0.15) is 16.5 Å². The molecule has 0 fully saturated rings. The molecule has 0 N–H and O–H groups in total. The van der Waals surface area contributed by atoms with Crippen LogP contribution in [0.15, 0.2) is 76.8 Å². The van der Waals surface area contributed by atoms with Crippen LogP contribution in [0, 0.1) is 0 Å². The van der Waals surface area contributed by atoms with Gasteiger partial charge in [0.2, 0.25) is 5.11 Å². The Morgan fingerprint density at radius 1 is 0.912 bits per heavy atom. The molecule has 1 unspecified atom stereocenters. The van der Waals surface area contributed by atoms with E-state index in [-0.39, 0.29) is 6.17 Å². The van der Waals surface area contributed by atoms with Crippen LogP contribution in [0.3, 0.4) is 0 Å². The molecule has 0 radical (unpaired) electrons. The van der Waals surface area contributed by atoms with E-state index >= 15 is 0 Å². The third-order valence-corrected chi connectivity index (χ3v) is 7.22. The van der Waals surface area contributed by atoms with Crippen LogP contribution in [0.4, 0.5) is 5.69 Å². The van der Waals surface area contributed by atoms with E-state index in [1.165, 1.54) is 11.8 Å². The van der Waals surface area contributed by atoms with Gasteiger partial charge in [0.25, 0.3) is 0 Å². The van der Waals surface area contributed by atoms with Crippen LogP contribution in [0.2, 0.25) is 10.0 Å². The quantitative estimate of drug-likeness (QED) is 0.348. The SMILES string of the molecule is COc1ccc(C2N=C3SC(c4ccc(Cl)cc4Cl)=NN3C(=S)N2c2ccc(OC)cc2)cc1. The first kappa shape index (κ1) is 23.0. The normalized spacial score (nSPS) is 17.3. The Labute approximate surface area is 216 Å². The maximum atomic E-state index is 6.45. The van der Waals surface area contributed by atoms with Gasteiger partial charge in [-0.05, 0) is 84.1 Å². The summed E-state index contributed by atoms with van der Waals surface area (Å²) in [5.74, 6) is 1.52. The van der Waals surface area contributed by atoms with E-state index in [9.17, 15) is 0 Å². The number of benzene rings is 3. The highest BCUT2D eigenvalue weighted by molar-refractivity contribution is 8.27. The van der Waals surface area contributed by atoms with Crippen molar-refractivity contribution < 1.29 is 9.47 Å². The predicted octanol–water partition coefficient (Wildman–Crippen LogP) is 6.58. The first-order chi connectivity index (χ1) is 16.5. The molecule has 2 aliphatic rings. The maximum absolute atomic E-state index is 6.45. The van der Waals surface area contributed by atoms with Crippen molar-refractivity contribution in [2.45, 2.75) is 6.17 Å². The zero-order valence-corrected chi connectivity index (χ0v) is 21.3. The minimum atomic E-state index is -0.388. The molecule has 0 bridgehead atoms. The topological polar surface area (TPSA) is 49.7 Å². The second kappa shape index (κ2) is 9.46. The van der Waals surface area contributed by atoms with Crippen LogP contribution in [-0.2, 0) is 0 Å². The third kappa shape index (κ3) is 4.22. The second-order valence-electron chi connectivity index (χ2n) is 7.35. The van der Waals surface area contributed by atoms with Crippen molar-refractivity contribution in [3.05, 3.63) is 87.9 Å². The number of thiocarbonyl (C=S) groups is 1. The number of nitrogens with zero attached hydrogens (tertiary/aromatic N) is 4. The number of methoxy groups -OCH3 is 2. The first-order valence-electron chi connectivity index (χ1n) is 10.2. The minimum Gasteiger partial charge on any atom is -0.497 e. The van der Waals surface area contributed by atoms with Crippen LogP contribution < -0.4 is 14.4 Å². The summed E-state index contributed by atoms with van der Waals surface area (Å²) in [6.45, 7) is 0. The van der Waals surface area contributed by atoms with Crippen molar-refractivity contribution in [3.8, 4) is 11.5 Å². The molecule has 2 heterocycles. The van der Waals surface area contributed by atoms with Gasteiger partial charge in [-0.3, -0.25) is 4.90 Å². The summed E-state index contributed by atoms with van der Waals surface area (Å²) < 4.78 is 10.6. The average molecular weight is 529 g/mol. The van der Waals surface area contributed by atoms with E-state index in [1.54, 1.807) is 31.4 Å². The fourth-order valence-electron chi connectivity index (χ4n) is 3.62. The van der Waals surface area contributed by atoms with Crippen LogP contribution in [0.25, 0.3) is 0 Å². The second-order valence-corrected chi connectivity index (χ2v) is 9.52. The molecule has 3 aromatic carbocycles. The lowest BCUT2D eigenvalue weighted by molar-refractivity contribution is 0.414. The molecule has 0 saturated carbocycles. The number of aliphatic imine (C=N–C) groups is 1. The molecule has 172 valence electrons. The Kier molecular flexibility index (Phi) is 6.40. The Balaban J connectivity index is 1.58. The Morgan fingerprint density at radius 3 is 2.18 bits per heavy atom. The molecular formula is C24H18Cl2N4O2S2. The minimum absolute atomic E-state index is 0.388. The van der Waals surface area contributed by atoms with Crippen LogP contribution in [-0.4, -0.2) is 34.6 Å². The molecule has 0 amide bonds. The van der Waals surface area contributed by atoms with Gasteiger partial charge < -0.3 is 9.47 Å². The van der Waals surface area contributed by atoms with Gasteiger partial charge in [-0.2, -0.15) is 10.1 Å². The van der Waals surface area contributed by atoms with Crippen molar-refractivity contribution in [2.75, 3.05) is 19.1 Å². The van der Waals surface area contributed by atoms with Gasteiger partial charge in [0, 0.05) is 16.3 Å². The third-order valence-electron chi connectivity index (χ3n) is 5.35. The summed E-state index contributed by atoms with van der Waals surface area (Å²) in [5.41, 5.74) is 2.60. The summed E-state index contributed by atoms with van der Waals surface area (Å²) in [6.07, 6.45) is -0.388. The fraction of sp³-hybridized carbons (Fsp3) is 0.125. The lowest BCUT2D eigenvalue weighted by atomic mass is 10.1. The summed E-state index contributed by atoms with van der Waals surface area (Å²) in [5, 5.41) is 9.38. The Hall–Kier alpha value is -2.78. The van der Waals surface area contributed by atoms with Crippen LogP contribution >= 0.6 is 47.2 Å². The van der Waals surface area contributed by atoms with Crippen molar-refractivity contribution in [2.24, 2.45) is 10.1 Å². The highest BCUT2D eigenvalue weighted by Gasteiger charge is 2.39. The zero-order valence-electron chi connectivity index (χ0n) is 18.1. The van der Waals surface area contributed by atoms with E-state index in [4.69, 9.17) is 55.0 Å². The lowest BCUT2D eigenvalue weighted by Gasteiger charge is -2.38. The number of anilines is 1. The molecular weight excluding hydrogens is 511 g/mol. The van der Waals surface area contributed by atoms with E-state index in [0.29, 0.717) is 25.4 Å². The average Bonchev–Trinajstić information content (AvgIpc) is 3.28. The van der Waals surface area contributed by atoms with Gasteiger partial charge in [0.05, 0.1) is 19.2 Å². The number of halogens is 2. The maximum Gasteiger partial charge on any atom is 0.205 e. The molecule has 0 aromatic heterocycles. The standard InChI is InChI=1S/C24H18Cl2N4O2S2/c1-31-17-8-3-14(4-9-17)21-27-23-30(24(33)29(21)16-6-10-18(32-2)11-7-16)28-22(34-23)19-12-5-15(25)13-20(19)26/h3-13,21H,1-2H3. The van der Waals surface area contributed by atoms with Gasteiger partial charge in [-0.15, -0.1) is 0 Å². The highest BCUT2D eigenvalue weighted by Crippen LogP contribution is 2.40. The van der Waals surface area contributed by atoms with Gasteiger partial charge >= 0.3 is 0 Å². The van der Waals surface area contributed by atoms with Crippen molar-refractivity contribution >= 4 is 68.2 Å². The Morgan fingerprint density at radius 2 is 1.56 bits per heavy atom. The molecule has 5 rings (SSSR count). The van der Waals surface area contributed by atoms with E-state index < -0.39 is 0 Å². The molecule has 10 heteroatoms. The number of ether oxygens (including phenoxy) is 2. The van der Waals surface area contributed by atoms with Crippen LogP contribution in [0.5, 0.6) is 11.5 Å². The van der Waals surface area contributed by atoms with Crippen molar-refractivity contribution in [1.82, 2.24) is 5.01 Å². The van der Waals surface area contributed by atoms with Crippen molar-refractivity contribution in [3.63, 3.8) is 0 Å². The van der Waals surface area contributed by atoms with Crippen molar-refractivity contribution in [1.29, 1.82) is 0 Å². The molecule has 3 aromatic rings.